The van der Waals surface area contributed by atoms with Gasteiger partial charge in [-0.25, -0.2) is 9.78 Å². The molecule has 0 saturated carbocycles. The summed E-state index contributed by atoms with van der Waals surface area (Å²) >= 11 is 6.05. The SMILES string of the molecule is Cc1cc(Cl)ccc1Nc1cc2c(cn1)n(C)c(=O)n2-c1ccc(C(C)(C)C#N)cc1. The number of aryl methyl sites for hydroxylation is 2. The van der Waals surface area contributed by atoms with Crippen LogP contribution < -0.4 is 11.0 Å². The van der Waals surface area contributed by atoms with Crippen LogP contribution >= 0.6 is 11.6 Å². The Hall–Kier alpha value is -3.56. The van der Waals surface area contributed by atoms with Crippen molar-refractivity contribution in [2.45, 2.75) is 26.2 Å². The summed E-state index contributed by atoms with van der Waals surface area (Å²) in [6.45, 7) is 5.71. The van der Waals surface area contributed by atoms with E-state index in [9.17, 15) is 10.1 Å². The summed E-state index contributed by atoms with van der Waals surface area (Å²) in [5.74, 6) is 0.625. The molecule has 0 aliphatic rings. The minimum Gasteiger partial charge on any atom is -0.340 e. The number of pyridine rings is 1. The van der Waals surface area contributed by atoms with Crippen LogP contribution in [0.2, 0.25) is 5.02 Å². The van der Waals surface area contributed by atoms with E-state index in [0.717, 1.165) is 33.5 Å². The zero-order chi connectivity index (χ0) is 22.3. The number of fused-ring (bicyclic) bond motifs is 1. The number of hydrogen-bond donors (Lipinski definition) is 1. The van der Waals surface area contributed by atoms with Crippen molar-refractivity contribution in [3.63, 3.8) is 0 Å². The number of anilines is 2. The topological polar surface area (TPSA) is 75.6 Å². The molecule has 2 heterocycles. The molecule has 0 atom stereocenters. The van der Waals surface area contributed by atoms with Gasteiger partial charge in [-0.05, 0) is 62.2 Å². The van der Waals surface area contributed by atoms with Gasteiger partial charge in [0.1, 0.15) is 5.82 Å². The lowest BCUT2D eigenvalue weighted by molar-refractivity contribution is 0.686. The molecule has 0 unspecified atom stereocenters. The van der Waals surface area contributed by atoms with Crippen LogP contribution in [-0.4, -0.2) is 14.1 Å². The third-order valence-corrected chi connectivity index (χ3v) is 5.76. The van der Waals surface area contributed by atoms with E-state index >= 15 is 0 Å². The van der Waals surface area contributed by atoms with E-state index in [1.807, 2.05) is 69.3 Å². The van der Waals surface area contributed by atoms with Crippen molar-refractivity contribution in [2.24, 2.45) is 7.05 Å². The predicted molar refractivity (Wildman–Crippen MR) is 124 cm³/mol. The molecule has 156 valence electrons. The molecule has 4 aromatic rings. The van der Waals surface area contributed by atoms with Crippen LogP contribution in [0.4, 0.5) is 11.5 Å². The van der Waals surface area contributed by atoms with E-state index in [-0.39, 0.29) is 5.69 Å². The Morgan fingerprint density at radius 2 is 1.81 bits per heavy atom. The van der Waals surface area contributed by atoms with Crippen molar-refractivity contribution in [1.29, 1.82) is 5.26 Å². The molecular formula is C24H22ClN5O. The molecule has 4 rings (SSSR count). The third-order valence-electron chi connectivity index (χ3n) is 5.52. The molecule has 0 aliphatic heterocycles. The highest BCUT2D eigenvalue weighted by Crippen LogP contribution is 2.27. The summed E-state index contributed by atoms with van der Waals surface area (Å²) in [5, 5.41) is 13.4. The zero-order valence-corrected chi connectivity index (χ0v) is 18.5. The first-order valence-electron chi connectivity index (χ1n) is 9.84. The lowest BCUT2D eigenvalue weighted by Crippen LogP contribution is -2.21. The van der Waals surface area contributed by atoms with E-state index in [1.165, 1.54) is 0 Å². The molecule has 0 saturated heterocycles. The minimum absolute atomic E-state index is 0.163. The fraction of sp³-hybridized carbons (Fsp3) is 0.208. The van der Waals surface area contributed by atoms with Gasteiger partial charge in [-0.3, -0.25) is 9.13 Å². The second-order valence-corrected chi connectivity index (χ2v) is 8.54. The van der Waals surface area contributed by atoms with Crippen molar-refractivity contribution >= 4 is 34.1 Å². The number of benzene rings is 2. The Kier molecular flexibility index (Phi) is 5.08. The first-order valence-corrected chi connectivity index (χ1v) is 10.2. The first kappa shape index (κ1) is 20.7. The summed E-state index contributed by atoms with van der Waals surface area (Å²) < 4.78 is 3.23. The average molecular weight is 432 g/mol. The van der Waals surface area contributed by atoms with E-state index in [2.05, 4.69) is 16.4 Å². The van der Waals surface area contributed by atoms with Gasteiger partial charge in [-0.1, -0.05) is 23.7 Å². The van der Waals surface area contributed by atoms with Crippen molar-refractivity contribution in [3.8, 4) is 11.8 Å². The van der Waals surface area contributed by atoms with Gasteiger partial charge in [-0.2, -0.15) is 5.26 Å². The van der Waals surface area contributed by atoms with Gasteiger partial charge in [-0.15, -0.1) is 0 Å². The standard InChI is InChI=1S/C24H22ClN5O/c1-15-11-17(25)7-10-19(15)28-22-12-20-21(13-27-22)29(4)23(31)30(20)18-8-5-16(6-9-18)24(2,3)14-26/h5-13H,1-4H3,(H,27,28). The fourth-order valence-corrected chi connectivity index (χ4v) is 3.77. The molecule has 0 amide bonds. The maximum Gasteiger partial charge on any atom is 0.333 e. The van der Waals surface area contributed by atoms with Crippen LogP contribution in [0.25, 0.3) is 16.7 Å². The summed E-state index contributed by atoms with van der Waals surface area (Å²) in [4.78, 5) is 17.5. The fourth-order valence-electron chi connectivity index (χ4n) is 3.55. The van der Waals surface area contributed by atoms with E-state index < -0.39 is 5.41 Å². The Morgan fingerprint density at radius 3 is 2.45 bits per heavy atom. The van der Waals surface area contributed by atoms with Crippen LogP contribution in [-0.2, 0) is 12.5 Å². The van der Waals surface area contributed by atoms with Crippen LogP contribution in [0.1, 0.15) is 25.0 Å². The summed E-state index contributed by atoms with van der Waals surface area (Å²) in [5.41, 5.74) is 4.22. The number of halogens is 1. The molecule has 1 N–H and O–H groups in total. The van der Waals surface area contributed by atoms with Crippen molar-refractivity contribution in [1.82, 2.24) is 14.1 Å². The van der Waals surface area contributed by atoms with Crippen LogP contribution in [0.15, 0.2) is 59.5 Å². The van der Waals surface area contributed by atoms with Gasteiger partial charge >= 0.3 is 5.69 Å². The predicted octanol–water partition coefficient (Wildman–Crippen LogP) is 5.23. The minimum atomic E-state index is -0.598. The van der Waals surface area contributed by atoms with Crippen LogP contribution in [0.5, 0.6) is 0 Å². The van der Waals surface area contributed by atoms with E-state index in [1.54, 1.807) is 22.4 Å². The number of nitrogens with zero attached hydrogens (tertiary/aromatic N) is 4. The van der Waals surface area contributed by atoms with Crippen molar-refractivity contribution < 1.29 is 0 Å². The smallest absolute Gasteiger partial charge is 0.333 e. The van der Waals surface area contributed by atoms with Crippen molar-refractivity contribution in [2.75, 3.05) is 5.32 Å². The molecule has 0 radical (unpaired) electrons. The quantitative estimate of drug-likeness (QED) is 0.480. The highest BCUT2D eigenvalue weighted by Gasteiger charge is 2.20. The normalized spacial score (nSPS) is 11.5. The van der Waals surface area contributed by atoms with Crippen molar-refractivity contribution in [3.05, 3.63) is 81.4 Å². The highest BCUT2D eigenvalue weighted by molar-refractivity contribution is 6.30. The second kappa shape index (κ2) is 7.60. The number of hydrogen-bond acceptors (Lipinski definition) is 4. The maximum absolute atomic E-state index is 13.0. The molecule has 2 aromatic heterocycles. The lowest BCUT2D eigenvalue weighted by Gasteiger charge is -2.16. The first-order chi connectivity index (χ1) is 14.7. The zero-order valence-electron chi connectivity index (χ0n) is 17.8. The van der Waals surface area contributed by atoms with Crippen LogP contribution in [0.3, 0.4) is 0 Å². The third kappa shape index (κ3) is 3.69. The molecular weight excluding hydrogens is 410 g/mol. The summed E-state index contributed by atoms with van der Waals surface area (Å²) in [6.07, 6.45) is 1.69. The van der Waals surface area contributed by atoms with E-state index in [4.69, 9.17) is 11.6 Å². The second-order valence-electron chi connectivity index (χ2n) is 8.10. The Bertz CT molecular complexity index is 1390. The molecule has 0 bridgehead atoms. The lowest BCUT2D eigenvalue weighted by atomic mass is 9.86. The van der Waals surface area contributed by atoms with Gasteiger partial charge in [0.05, 0.1) is 34.4 Å². The van der Waals surface area contributed by atoms with Gasteiger partial charge in [0.25, 0.3) is 0 Å². The summed E-state index contributed by atoms with van der Waals surface area (Å²) in [7, 11) is 1.73. The highest BCUT2D eigenvalue weighted by atomic mass is 35.5. The van der Waals surface area contributed by atoms with Gasteiger partial charge in [0.2, 0.25) is 0 Å². The van der Waals surface area contributed by atoms with Gasteiger partial charge in [0.15, 0.2) is 0 Å². The summed E-state index contributed by atoms with van der Waals surface area (Å²) in [6, 6.07) is 17.3. The number of aromatic nitrogens is 3. The molecule has 31 heavy (non-hydrogen) atoms. The number of imidazole rings is 1. The Balaban J connectivity index is 1.80. The molecule has 6 nitrogen and oxygen atoms in total. The van der Waals surface area contributed by atoms with Gasteiger partial charge < -0.3 is 5.32 Å². The maximum atomic E-state index is 13.0. The van der Waals surface area contributed by atoms with E-state index in [0.29, 0.717) is 10.8 Å². The largest absolute Gasteiger partial charge is 0.340 e. The Morgan fingerprint density at radius 1 is 1.10 bits per heavy atom. The monoisotopic (exact) mass is 431 g/mol. The molecule has 0 fully saturated rings. The Labute approximate surface area is 185 Å². The molecule has 2 aromatic carbocycles. The molecule has 7 heteroatoms. The molecule has 0 spiro atoms. The molecule has 0 aliphatic carbocycles. The average Bonchev–Trinajstić information content (AvgIpc) is 3.00. The van der Waals surface area contributed by atoms with Gasteiger partial charge in [0, 0.05) is 23.8 Å². The number of nitriles is 1. The number of rotatable bonds is 4. The van der Waals surface area contributed by atoms with Crippen LogP contribution in [0, 0.1) is 18.3 Å². The number of nitrogens with one attached hydrogen (secondary N) is 1.